The number of carbonyl (C=O) groups is 2. The number of alkyl halides is 3. The van der Waals surface area contributed by atoms with Crippen LogP contribution in [0.2, 0.25) is 0 Å². The molecule has 0 aromatic heterocycles. The van der Waals surface area contributed by atoms with Crippen molar-refractivity contribution in [3.63, 3.8) is 0 Å². The van der Waals surface area contributed by atoms with E-state index in [1.165, 1.54) is 19.1 Å². The lowest BCUT2D eigenvalue weighted by molar-refractivity contribution is -0.137. The molecule has 144 valence electrons. The highest BCUT2D eigenvalue weighted by atomic mass is 19.4. The molecule has 2 amide bonds. The van der Waals surface area contributed by atoms with Gasteiger partial charge in [-0.05, 0) is 30.3 Å². The topological polar surface area (TPSA) is 49.4 Å². The number of carbonyl (C=O) groups excluding carboxylic acids is 2. The predicted molar refractivity (Wildman–Crippen MR) is 89.1 cm³/mol. The summed E-state index contributed by atoms with van der Waals surface area (Å²) in [5, 5.41) is 2.31. The summed E-state index contributed by atoms with van der Waals surface area (Å²) in [5.74, 6) is -3.37. The molecule has 9 heteroatoms. The lowest BCUT2D eigenvalue weighted by Crippen LogP contribution is -2.32. The monoisotopic (exact) mass is 386 g/mol. The van der Waals surface area contributed by atoms with Crippen LogP contribution in [0.4, 0.5) is 33.3 Å². The number of halogens is 5. The van der Waals surface area contributed by atoms with Crippen LogP contribution >= 0.6 is 0 Å². The molecule has 0 heterocycles. The minimum absolute atomic E-state index is 0.0444. The standard InChI is InChI=1S/C18H15F5N2O2/c1-11(26)25(14-5-6-15(19)16(20)10-14)8-7-17(27)24-13-4-2-3-12(9-13)18(21,22)23/h2-6,9-10H,7-8H2,1H3,(H,24,27). The Bertz CT molecular complexity index is 852. The van der Waals surface area contributed by atoms with Crippen LogP contribution in [0.1, 0.15) is 18.9 Å². The molecule has 27 heavy (non-hydrogen) atoms. The lowest BCUT2D eigenvalue weighted by atomic mass is 10.2. The molecule has 2 aromatic rings. The van der Waals surface area contributed by atoms with Crippen molar-refractivity contribution in [3.05, 3.63) is 59.7 Å². The highest BCUT2D eigenvalue weighted by Crippen LogP contribution is 2.30. The fraction of sp³-hybridized carbons (Fsp3) is 0.222. The molecule has 1 N–H and O–H groups in total. The average Bonchev–Trinajstić information content (AvgIpc) is 2.57. The van der Waals surface area contributed by atoms with E-state index in [2.05, 4.69) is 5.32 Å². The van der Waals surface area contributed by atoms with Crippen LogP contribution in [-0.2, 0) is 15.8 Å². The summed E-state index contributed by atoms with van der Waals surface area (Å²) >= 11 is 0. The number of hydrogen-bond acceptors (Lipinski definition) is 2. The highest BCUT2D eigenvalue weighted by molar-refractivity contribution is 5.94. The maximum atomic E-state index is 13.3. The molecular formula is C18H15F5N2O2. The Morgan fingerprint density at radius 3 is 2.33 bits per heavy atom. The summed E-state index contributed by atoms with van der Waals surface area (Å²) in [5.41, 5.74) is -0.891. The van der Waals surface area contributed by atoms with Gasteiger partial charge in [0.25, 0.3) is 0 Å². The van der Waals surface area contributed by atoms with E-state index >= 15 is 0 Å². The summed E-state index contributed by atoms with van der Waals surface area (Å²) in [4.78, 5) is 24.8. The van der Waals surface area contributed by atoms with Crippen molar-refractivity contribution in [2.24, 2.45) is 0 Å². The highest BCUT2D eigenvalue weighted by Gasteiger charge is 2.30. The van der Waals surface area contributed by atoms with Crippen molar-refractivity contribution in [1.29, 1.82) is 0 Å². The van der Waals surface area contributed by atoms with Gasteiger partial charge in [-0.25, -0.2) is 8.78 Å². The third-order valence-corrected chi connectivity index (χ3v) is 3.63. The number of rotatable bonds is 5. The number of nitrogens with zero attached hydrogens (tertiary/aromatic N) is 1. The maximum absolute atomic E-state index is 13.3. The quantitative estimate of drug-likeness (QED) is 0.776. The number of nitrogens with one attached hydrogen (secondary N) is 1. The summed E-state index contributed by atoms with van der Waals surface area (Å²) in [7, 11) is 0. The molecule has 0 fully saturated rings. The average molecular weight is 386 g/mol. The Labute approximate surface area is 151 Å². The van der Waals surface area contributed by atoms with Crippen LogP contribution in [-0.4, -0.2) is 18.4 Å². The molecule has 0 saturated carbocycles. The zero-order chi connectivity index (χ0) is 20.2. The smallest absolute Gasteiger partial charge is 0.326 e. The van der Waals surface area contributed by atoms with E-state index in [9.17, 15) is 31.5 Å². The zero-order valence-electron chi connectivity index (χ0n) is 14.1. The summed E-state index contributed by atoms with van der Waals surface area (Å²) in [6.45, 7) is 1.02. The largest absolute Gasteiger partial charge is 0.416 e. The predicted octanol–water partition coefficient (Wildman–Crippen LogP) is 4.37. The van der Waals surface area contributed by atoms with Gasteiger partial charge >= 0.3 is 6.18 Å². The van der Waals surface area contributed by atoms with Crippen LogP contribution in [0, 0.1) is 11.6 Å². The first kappa shape index (κ1) is 20.3. The van der Waals surface area contributed by atoms with Gasteiger partial charge in [0.05, 0.1) is 5.56 Å². The summed E-state index contributed by atoms with van der Waals surface area (Å²) in [6, 6.07) is 6.97. The third kappa shape index (κ3) is 5.50. The Hall–Kier alpha value is -2.97. The molecule has 2 rings (SSSR count). The second-order valence-corrected chi connectivity index (χ2v) is 5.65. The van der Waals surface area contributed by atoms with Gasteiger partial charge in [-0.3, -0.25) is 9.59 Å². The van der Waals surface area contributed by atoms with Gasteiger partial charge < -0.3 is 10.2 Å². The van der Waals surface area contributed by atoms with E-state index in [-0.39, 0.29) is 24.3 Å². The third-order valence-electron chi connectivity index (χ3n) is 3.63. The molecule has 0 atom stereocenters. The molecule has 0 aliphatic heterocycles. The Kier molecular flexibility index (Phi) is 6.14. The molecule has 2 aromatic carbocycles. The number of hydrogen-bond donors (Lipinski definition) is 1. The fourth-order valence-electron chi connectivity index (χ4n) is 2.33. The fourth-order valence-corrected chi connectivity index (χ4v) is 2.33. The van der Waals surface area contributed by atoms with Gasteiger partial charge in [-0.15, -0.1) is 0 Å². The number of anilines is 2. The van der Waals surface area contributed by atoms with Gasteiger partial charge in [-0.1, -0.05) is 6.07 Å². The van der Waals surface area contributed by atoms with Gasteiger partial charge in [-0.2, -0.15) is 13.2 Å². The summed E-state index contributed by atoms with van der Waals surface area (Å²) < 4.78 is 64.4. The van der Waals surface area contributed by atoms with Gasteiger partial charge in [0.15, 0.2) is 11.6 Å². The molecule has 0 radical (unpaired) electrons. The molecule has 0 saturated heterocycles. The molecule has 0 bridgehead atoms. The number of amides is 2. The Balaban J connectivity index is 2.04. The van der Waals surface area contributed by atoms with Crippen molar-refractivity contribution in [1.82, 2.24) is 0 Å². The Morgan fingerprint density at radius 2 is 1.74 bits per heavy atom. The first-order valence-corrected chi connectivity index (χ1v) is 7.78. The zero-order valence-corrected chi connectivity index (χ0v) is 14.1. The van der Waals surface area contributed by atoms with E-state index in [4.69, 9.17) is 0 Å². The van der Waals surface area contributed by atoms with Crippen LogP contribution in [0.15, 0.2) is 42.5 Å². The molecular weight excluding hydrogens is 371 g/mol. The first-order valence-electron chi connectivity index (χ1n) is 7.78. The van der Waals surface area contributed by atoms with E-state index in [1.54, 1.807) is 0 Å². The second-order valence-electron chi connectivity index (χ2n) is 5.65. The van der Waals surface area contributed by atoms with E-state index < -0.39 is 35.2 Å². The minimum Gasteiger partial charge on any atom is -0.326 e. The van der Waals surface area contributed by atoms with Crippen LogP contribution in [0.25, 0.3) is 0 Å². The van der Waals surface area contributed by atoms with Gasteiger partial charge in [0.1, 0.15) is 0 Å². The van der Waals surface area contributed by atoms with Crippen LogP contribution in [0.5, 0.6) is 0 Å². The van der Waals surface area contributed by atoms with Crippen molar-refractivity contribution in [2.45, 2.75) is 19.5 Å². The first-order chi connectivity index (χ1) is 12.6. The van der Waals surface area contributed by atoms with Crippen molar-refractivity contribution in [3.8, 4) is 0 Å². The number of benzene rings is 2. The molecule has 0 spiro atoms. The van der Waals surface area contributed by atoms with E-state index in [0.717, 1.165) is 35.2 Å². The van der Waals surface area contributed by atoms with Gasteiger partial charge in [0, 0.05) is 37.3 Å². The normalized spacial score (nSPS) is 11.2. The SMILES string of the molecule is CC(=O)N(CCC(=O)Nc1cccc(C(F)(F)F)c1)c1ccc(F)c(F)c1. The van der Waals surface area contributed by atoms with Crippen molar-refractivity contribution < 1.29 is 31.5 Å². The molecule has 0 aliphatic carbocycles. The molecule has 0 unspecified atom stereocenters. The lowest BCUT2D eigenvalue weighted by Gasteiger charge is -2.21. The van der Waals surface area contributed by atoms with Crippen LogP contribution < -0.4 is 10.2 Å². The second kappa shape index (κ2) is 8.15. The van der Waals surface area contributed by atoms with Crippen molar-refractivity contribution in [2.75, 3.05) is 16.8 Å². The molecule has 4 nitrogen and oxygen atoms in total. The van der Waals surface area contributed by atoms with Crippen LogP contribution in [0.3, 0.4) is 0 Å². The van der Waals surface area contributed by atoms with E-state index in [0.29, 0.717) is 0 Å². The van der Waals surface area contributed by atoms with Gasteiger partial charge in [0.2, 0.25) is 11.8 Å². The van der Waals surface area contributed by atoms with E-state index in [1.807, 2.05) is 0 Å². The molecule has 0 aliphatic rings. The maximum Gasteiger partial charge on any atom is 0.416 e. The van der Waals surface area contributed by atoms with Crippen molar-refractivity contribution >= 4 is 23.2 Å². The summed E-state index contributed by atoms with van der Waals surface area (Å²) in [6.07, 6.45) is -4.80. The minimum atomic E-state index is -4.54. The Morgan fingerprint density at radius 1 is 1.04 bits per heavy atom.